The first-order chi connectivity index (χ1) is 15.0. The van der Waals surface area contributed by atoms with Gasteiger partial charge in [-0.15, -0.1) is 0 Å². The van der Waals surface area contributed by atoms with Crippen molar-refractivity contribution in [2.24, 2.45) is 5.10 Å². The topological polar surface area (TPSA) is 123 Å². The number of non-ortho nitro benzene ring substituents is 1. The van der Waals surface area contributed by atoms with E-state index in [9.17, 15) is 20.0 Å². The highest BCUT2D eigenvalue weighted by Gasteiger charge is 2.12. The molecular formula is C22H15N4O5-. The number of ether oxygens (including phenoxy) is 1. The van der Waals surface area contributed by atoms with Crippen molar-refractivity contribution >= 4 is 22.8 Å². The first kappa shape index (κ1) is 19.8. The Morgan fingerprint density at radius 2 is 1.81 bits per heavy atom. The number of aromatic nitrogens is 2. The van der Waals surface area contributed by atoms with E-state index < -0.39 is 16.2 Å². The number of rotatable bonds is 6. The van der Waals surface area contributed by atoms with E-state index in [1.807, 2.05) is 18.2 Å². The average Bonchev–Trinajstić information content (AvgIpc) is 2.79. The number of nitro benzene ring substituents is 1. The van der Waals surface area contributed by atoms with Gasteiger partial charge in [0.1, 0.15) is 12.4 Å². The molecule has 0 fully saturated rings. The number of hydrogen-bond donors (Lipinski definition) is 0. The summed E-state index contributed by atoms with van der Waals surface area (Å²) in [6, 6.07) is 19.1. The third-order valence-electron chi connectivity index (χ3n) is 4.45. The van der Waals surface area contributed by atoms with E-state index in [0.29, 0.717) is 16.7 Å². The Kier molecular flexibility index (Phi) is 5.39. The lowest BCUT2D eigenvalue weighted by Gasteiger charge is -2.12. The Bertz CT molecular complexity index is 1350. The molecule has 0 aliphatic carbocycles. The number of nitro groups is 1. The molecular weight excluding hydrogens is 400 g/mol. The van der Waals surface area contributed by atoms with Gasteiger partial charge in [0.15, 0.2) is 5.82 Å². The molecule has 0 aliphatic rings. The van der Waals surface area contributed by atoms with Gasteiger partial charge in [0.25, 0.3) is 11.2 Å². The number of hydrogen-bond acceptors (Lipinski definition) is 7. The van der Waals surface area contributed by atoms with Gasteiger partial charge in [-0.25, -0.2) is 4.98 Å². The van der Waals surface area contributed by atoms with Gasteiger partial charge >= 0.3 is 0 Å². The molecule has 154 valence electrons. The zero-order chi connectivity index (χ0) is 21.8. The van der Waals surface area contributed by atoms with E-state index in [4.69, 9.17) is 4.74 Å². The van der Waals surface area contributed by atoms with Gasteiger partial charge in [-0.1, -0.05) is 42.1 Å². The first-order valence-electron chi connectivity index (χ1n) is 9.21. The maximum absolute atomic E-state index is 13.0. The molecule has 0 saturated carbocycles. The van der Waals surface area contributed by atoms with Crippen LogP contribution in [0.2, 0.25) is 0 Å². The lowest BCUT2D eigenvalue weighted by atomic mass is 10.2. The molecule has 1 heterocycles. The maximum Gasteiger partial charge on any atom is 0.282 e. The molecule has 4 rings (SSSR count). The highest BCUT2D eigenvalue weighted by molar-refractivity contribution is 5.84. The lowest BCUT2D eigenvalue weighted by Crippen LogP contribution is -2.23. The predicted molar refractivity (Wildman–Crippen MR) is 112 cm³/mol. The van der Waals surface area contributed by atoms with Crippen molar-refractivity contribution < 1.29 is 14.8 Å². The maximum atomic E-state index is 13.0. The van der Waals surface area contributed by atoms with Crippen LogP contribution in [-0.2, 0) is 6.61 Å². The molecule has 9 nitrogen and oxygen atoms in total. The molecule has 3 aromatic carbocycles. The summed E-state index contributed by atoms with van der Waals surface area (Å²) < 4.78 is 6.75. The van der Waals surface area contributed by atoms with Crippen LogP contribution in [0, 0.1) is 10.1 Å². The highest BCUT2D eigenvalue weighted by Crippen LogP contribution is 2.19. The van der Waals surface area contributed by atoms with E-state index in [2.05, 4.69) is 10.1 Å². The SMILES string of the molecule is O=c1c2ccccc2nc(COc2ccccc2)n1/N=C\c1cc([N+](=O)[O-])ccc1[O-]. The van der Waals surface area contributed by atoms with Crippen molar-refractivity contribution in [2.75, 3.05) is 0 Å². The van der Waals surface area contributed by atoms with Crippen LogP contribution in [0.25, 0.3) is 10.9 Å². The fraction of sp³-hybridized carbons (Fsp3) is 0.0455. The molecule has 9 heteroatoms. The summed E-state index contributed by atoms with van der Waals surface area (Å²) in [5.41, 5.74) is -0.251. The average molecular weight is 415 g/mol. The highest BCUT2D eigenvalue weighted by atomic mass is 16.6. The van der Waals surface area contributed by atoms with Crippen LogP contribution in [0.3, 0.4) is 0 Å². The van der Waals surface area contributed by atoms with Crippen molar-refractivity contribution in [3.63, 3.8) is 0 Å². The summed E-state index contributed by atoms with van der Waals surface area (Å²) >= 11 is 0. The largest absolute Gasteiger partial charge is 0.872 e. The molecule has 0 N–H and O–H groups in total. The fourth-order valence-electron chi connectivity index (χ4n) is 2.92. The Morgan fingerprint density at radius 1 is 1.06 bits per heavy atom. The van der Waals surface area contributed by atoms with Crippen LogP contribution in [0.5, 0.6) is 11.5 Å². The van der Waals surface area contributed by atoms with Crippen LogP contribution >= 0.6 is 0 Å². The molecule has 0 atom stereocenters. The molecule has 1 aromatic heterocycles. The third-order valence-corrected chi connectivity index (χ3v) is 4.45. The van der Waals surface area contributed by atoms with E-state index >= 15 is 0 Å². The minimum absolute atomic E-state index is 0.0239. The summed E-state index contributed by atoms with van der Waals surface area (Å²) in [6.45, 7) is -0.0550. The zero-order valence-corrected chi connectivity index (χ0v) is 16.0. The van der Waals surface area contributed by atoms with E-state index in [0.717, 1.165) is 29.1 Å². The fourth-order valence-corrected chi connectivity index (χ4v) is 2.92. The molecule has 0 aliphatic heterocycles. The smallest absolute Gasteiger partial charge is 0.282 e. The Balaban J connectivity index is 1.77. The van der Waals surface area contributed by atoms with Crippen LogP contribution in [-0.4, -0.2) is 20.8 Å². The number of benzene rings is 3. The van der Waals surface area contributed by atoms with Crippen molar-refractivity contribution in [1.82, 2.24) is 9.66 Å². The van der Waals surface area contributed by atoms with Crippen LogP contribution < -0.4 is 15.4 Å². The van der Waals surface area contributed by atoms with Crippen molar-refractivity contribution in [1.29, 1.82) is 0 Å². The summed E-state index contributed by atoms with van der Waals surface area (Å²) in [5.74, 6) is 0.334. The first-order valence-corrected chi connectivity index (χ1v) is 9.21. The van der Waals surface area contributed by atoms with Crippen LogP contribution in [0.15, 0.2) is 82.7 Å². The number of nitrogens with zero attached hydrogens (tertiary/aromatic N) is 4. The molecule has 31 heavy (non-hydrogen) atoms. The van der Waals surface area contributed by atoms with E-state index in [-0.39, 0.29) is 23.7 Å². The molecule has 0 radical (unpaired) electrons. The zero-order valence-electron chi connectivity index (χ0n) is 16.0. The number of para-hydroxylation sites is 2. The van der Waals surface area contributed by atoms with Crippen LogP contribution in [0.4, 0.5) is 5.69 Å². The second-order valence-corrected chi connectivity index (χ2v) is 6.49. The minimum atomic E-state index is -0.611. The molecule has 0 spiro atoms. The van der Waals surface area contributed by atoms with Crippen molar-refractivity contribution in [3.8, 4) is 11.5 Å². The molecule has 0 saturated heterocycles. The second kappa shape index (κ2) is 8.46. The predicted octanol–water partition coefficient (Wildman–Crippen LogP) is 2.84. The summed E-state index contributed by atoms with van der Waals surface area (Å²) in [4.78, 5) is 27.9. The normalized spacial score (nSPS) is 11.1. The van der Waals surface area contributed by atoms with Gasteiger partial charge in [-0.05, 0) is 29.8 Å². The third kappa shape index (κ3) is 4.25. The summed E-state index contributed by atoms with van der Waals surface area (Å²) in [5, 5.41) is 27.5. The van der Waals surface area contributed by atoms with Gasteiger partial charge in [0.05, 0.1) is 22.0 Å². The Labute approximate surface area is 175 Å². The Hall–Kier alpha value is -4.53. The quantitative estimate of drug-likeness (QED) is 0.271. The van der Waals surface area contributed by atoms with Gasteiger partial charge in [-0.2, -0.15) is 9.78 Å². The molecule has 0 amide bonds. The standard InChI is InChI=1S/C22H16N4O5/c27-20-11-10-16(26(29)30)12-15(20)13-23-25-21(14-31-17-6-2-1-3-7-17)24-19-9-5-4-8-18(19)22(25)28/h1-13,27H,14H2/p-1/b23-13-. The van der Waals surface area contributed by atoms with Crippen molar-refractivity contribution in [3.05, 3.63) is 105 Å². The van der Waals surface area contributed by atoms with E-state index in [1.165, 1.54) is 0 Å². The van der Waals surface area contributed by atoms with Crippen molar-refractivity contribution in [2.45, 2.75) is 6.61 Å². The van der Waals surface area contributed by atoms with Gasteiger partial charge < -0.3 is 9.84 Å². The molecule has 4 aromatic rings. The van der Waals surface area contributed by atoms with Gasteiger partial charge in [0.2, 0.25) is 0 Å². The number of fused-ring (bicyclic) bond motifs is 1. The summed E-state index contributed by atoms with van der Waals surface area (Å²) in [6.07, 6.45) is 1.11. The van der Waals surface area contributed by atoms with Crippen LogP contribution in [0.1, 0.15) is 11.4 Å². The van der Waals surface area contributed by atoms with Gasteiger partial charge in [0, 0.05) is 12.1 Å². The molecule has 0 bridgehead atoms. The summed E-state index contributed by atoms with van der Waals surface area (Å²) in [7, 11) is 0. The minimum Gasteiger partial charge on any atom is -0.872 e. The van der Waals surface area contributed by atoms with E-state index in [1.54, 1.807) is 36.4 Å². The molecule has 0 unspecified atom stereocenters. The Morgan fingerprint density at radius 3 is 2.58 bits per heavy atom. The lowest BCUT2D eigenvalue weighted by molar-refractivity contribution is -0.385. The van der Waals surface area contributed by atoms with Gasteiger partial charge in [-0.3, -0.25) is 14.9 Å². The monoisotopic (exact) mass is 415 g/mol. The second-order valence-electron chi connectivity index (χ2n) is 6.49.